The normalized spacial score (nSPS) is 11.1. The van der Waals surface area contributed by atoms with Gasteiger partial charge in [0.1, 0.15) is 0 Å². The summed E-state index contributed by atoms with van der Waals surface area (Å²) in [5.41, 5.74) is 3.53. The second-order valence-electron chi connectivity index (χ2n) is 6.91. The van der Waals surface area contributed by atoms with Crippen molar-refractivity contribution in [3.05, 3.63) is 92.4 Å². The molecule has 0 aliphatic rings. The van der Waals surface area contributed by atoms with Gasteiger partial charge in [0.05, 0.1) is 11.4 Å². The summed E-state index contributed by atoms with van der Waals surface area (Å²) in [7, 11) is 0. The van der Waals surface area contributed by atoms with Crippen LogP contribution >= 0.6 is 47.6 Å². The van der Waals surface area contributed by atoms with E-state index in [9.17, 15) is 0 Å². The Labute approximate surface area is 203 Å². The fourth-order valence-corrected chi connectivity index (χ4v) is 4.14. The fraction of sp³-hybridized carbons (Fsp3) is 0. The molecule has 0 bridgehead atoms. The number of H-pyrrole nitrogens is 2. The van der Waals surface area contributed by atoms with E-state index in [2.05, 4.69) is 20.4 Å². The molecule has 6 nitrogen and oxygen atoms in total. The lowest BCUT2D eigenvalue weighted by Crippen LogP contribution is -1.99. The minimum absolute atomic E-state index is 0.495. The maximum atomic E-state index is 6.03. The van der Waals surface area contributed by atoms with Crippen molar-refractivity contribution in [3.63, 3.8) is 0 Å². The van der Waals surface area contributed by atoms with E-state index in [1.807, 2.05) is 81.9 Å². The van der Waals surface area contributed by atoms with Crippen LogP contribution in [0.5, 0.6) is 0 Å². The fourth-order valence-electron chi connectivity index (χ4n) is 3.41. The van der Waals surface area contributed by atoms with Gasteiger partial charge in [0.15, 0.2) is 21.2 Å². The largest absolute Gasteiger partial charge is 0.268 e. The topological polar surface area (TPSA) is 67.2 Å². The van der Waals surface area contributed by atoms with Gasteiger partial charge >= 0.3 is 0 Å². The Bertz CT molecular complexity index is 1390. The molecule has 2 aromatic heterocycles. The van der Waals surface area contributed by atoms with E-state index in [-0.39, 0.29) is 0 Å². The SMILES string of the molecule is S=c1[nH]nc(-c2ccc(-c3n[nH]c(=S)n3-c3ccc(Cl)cc3)cc2)n1-c1ccc(Cl)cc1. The molecule has 158 valence electrons. The predicted molar refractivity (Wildman–Crippen MR) is 132 cm³/mol. The molecule has 0 aliphatic carbocycles. The van der Waals surface area contributed by atoms with Gasteiger partial charge < -0.3 is 0 Å². The first-order valence-electron chi connectivity index (χ1n) is 9.49. The van der Waals surface area contributed by atoms with Crippen molar-refractivity contribution >= 4 is 47.6 Å². The van der Waals surface area contributed by atoms with Gasteiger partial charge in [-0.2, -0.15) is 10.2 Å². The number of aromatic amines is 2. The molecular weight excluding hydrogens is 483 g/mol. The van der Waals surface area contributed by atoms with Crippen LogP contribution < -0.4 is 0 Å². The quantitative estimate of drug-likeness (QED) is 0.268. The van der Waals surface area contributed by atoms with Crippen molar-refractivity contribution < 1.29 is 0 Å². The zero-order valence-corrected chi connectivity index (χ0v) is 19.4. The first kappa shape index (κ1) is 20.8. The Morgan fingerprint density at radius 3 is 1.25 bits per heavy atom. The lowest BCUT2D eigenvalue weighted by atomic mass is 10.1. The number of halogens is 2. The van der Waals surface area contributed by atoms with Crippen LogP contribution in [0.4, 0.5) is 0 Å². The molecular formula is C22H14Cl2N6S2. The van der Waals surface area contributed by atoms with Gasteiger partial charge in [-0.25, -0.2) is 0 Å². The standard InChI is InChI=1S/C22H14Cl2N6S2/c23-15-5-9-17(10-6-15)29-19(25-27-21(29)31)13-1-2-14(4-3-13)20-26-28-22(32)30(20)18-11-7-16(24)8-12-18/h1-12H,(H,27,31)(H,28,32). The molecule has 2 N–H and O–H groups in total. The van der Waals surface area contributed by atoms with E-state index in [0.29, 0.717) is 31.2 Å². The van der Waals surface area contributed by atoms with Crippen LogP contribution in [0, 0.1) is 9.54 Å². The second kappa shape index (κ2) is 8.48. The van der Waals surface area contributed by atoms with E-state index in [0.717, 1.165) is 22.5 Å². The number of nitrogens with zero attached hydrogens (tertiary/aromatic N) is 4. The number of nitrogens with one attached hydrogen (secondary N) is 2. The Balaban J connectivity index is 1.55. The van der Waals surface area contributed by atoms with E-state index < -0.39 is 0 Å². The zero-order chi connectivity index (χ0) is 22.2. The summed E-state index contributed by atoms with van der Waals surface area (Å²) in [6.07, 6.45) is 0. The van der Waals surface area contributed by atoms with Crippen LogP contribution in [0.25, 0.3) is 34.2 Å². The third-order valence-electron chi connectivity index (χ3n) is 4.92. The van der Waals surface area contributed by atoms with Crippen LogP contribution in [0.3, 0.4) is 0 Å². The van der Waals surface area contributed by atoms with E-state index in [4.69, 9.17) is 47.6 Å². The minimum atomic E-state index is 0.495. The maximum Gasteiger partial charge on any atom is 0.200 e. The monoisotopic (exact) mass is 496 g/mol. The van der Waals surface area contributed by atoms with Crippen molar-refractivity contribution in [2.45, 2.75) is 0 Å². The summed E-state index contributed by atoms with van der Waals surface area (Å²) in [4.78, 5) is 0. The molecule has 5 rings (SSSR count). The molecule has 0 radical (unpaired) electrons. The van der Waals surface area contributed by atoms with Gasteiger partial charge in [0, 0.05) is 21.2 Å². The van der Waals surface area contributed by atoms with Crippen molar-refractivity contribution in [2.24, 2.45) is 0 Å². The van der Waals surface area contributed by atoms with Crippen molar-refractivity contribution in [3.8, 4) is 34.2 Å². The first-order chi connectivity index (χ1) is 15.5. The number of hydrogen-bond acceptors (Lipinski definition) is 4. The highest BCUT2D eigenvalue weighted by Crippen LogP contribution is 2.27. The van der Waals surface area contributed by atoms with Crippen molar-refractivity contribution in [1.82, 2.24) is 29.5 Å². The average molecular weight is 497 g/mol. The Hall–Kier alpha value is -3.04. The van der Waals surface area contributed by atoms with E-state index in [1.165, 1.54) is 0 Å². The first-order valence-corrected chi connectivity index (χ1v) is 11.1. The Kier molecular flexibility index (Phi) is 5.52. The summed E-state index contributed by atoms with van der Waals surface area (Å²) in [5, 5.41) is 15.9. The lowest BCUT2D eigenvalue weighted by molar-refractivity contribution is 1.03. The zero-order valence-electron chi connectivity index (χ0n) is 16.3. The molecule has 10 heteroatoms. The molecule has 0 saturated carbocycles. The van der Waals surface area contributed by atoms with Crippen LogP contribution in [0.2, 0.25) is 10.0 Å². The number of benzene rings is 3. The van der Waals surface area contributed by atoms with Gasteiger partial charge in [0.2, 0.25) is 0 Å². The highest BCUT2D eigenvalue weighted by atomic mass is 35.5. The molecule has 5 aromatic rings. The van der Waals surface area contributed by atoms with Crippen LogP contribution in [-0.4, -0.2) is 29.5 Å². The predicted octanol–water partition coefficient (Wildman–Crippen LogP) is 6.81. The highest BCUT2D eigenvalue weighted by molar-refractivity contribution is 7.71. The van der Waals surface area contributed by atoms with Crippen molar-refractivity contribution in [1.29, 1.82) is 0 Å². The van der Waals surface area contributed by atoms with Gasteiger partial charge in [-0.15, -0.1) is 0 Å². The molecule has 0 saturated heterocycles. The number of hydrogen-bond donors (Lipinski definition) is 2. The Morgan fingerprint density at radius 1 is 0.562 bits per heavy atom. The summed E-state index contributed by atoms with van der Waals surface area (Å²) >= 11 is 23.0. The molecule has 0 spiro atoms. The van der Waals surface area contributed by atoms with E-state index in [1.54, 1.807) is 0 Å². The van der Waals surface area contributed by atoms with E-state index >= 15 is 0 Å². The number of aromatic nitrogens is 6. The third kappa shape index (κ3) is 3.82. The van der Waals surface area contributed by atoms with Crippen LogP contribution in [0.1, 0.15) is 0 Å². The molecule has 0 unspecified atom stereocenters. The minimum Gasteiger partial charge on any atom is -0.268 e. The highest BCUT2D eigenvalue weighted by Gasteiger charge is 2.14. The number of rotatable bonds is 4. The molecule has 0 atom stereocenters. The van der Waals surface area contributed by atoms with Crippen molar-refractivity contribution in [2.75, 3.05) is 0 Å². The smallest absolute Gasteiger partial charge is 0.200 e. The van der Waals surface area contributed by atoms with Gasteiger partial charge in [-0.1, -0.05) is 47.5 Å². The van der Waals surface area contributed by atoms with Crippen LogP contribution in [0.15, 0.2) is 72.8 Å². The van der Waals surface area contributed by atoms with Gasteiger partial charge in [0.25, 0.3) is 0 Å². The van der Waals surface area contributed by atoms with Crippen LogP contribution in [-0.2, 0) is 0 Å². The molecule has 0 amide bonds. The van der Waals surface area contributed by atoms with Gasteiger partial charge in [-0.3, -0.25) is 19.3 Å². The Morgan fingerprint density at radius 2 is 0.906 bits per heavy atom. The molecule has 0 aliphatic heterocycles. The summed E-state index contributed by atoms with van der Waals surface area (Å²) in [5.74, 6) is 1.39. The molecule has 32 heavy (non-hydrogen) atoms. The maximum absolute atomic E-state index is 6.03. The third-order valence-corrected chi connectivity index (χ3v) is 5.97. The molecule has 3 aromatic carbocycles. The second-order valence-corrected chi connectivity index (χ2v) is 8.55. The average Bonchev–Trinajstić information content (AvgIpc) is 3.38. The summed E-state index contributed by atoms with van der Waals surface area (Å²) in [6, 6.07) is 22.7. The summed E-state index contributed by atoms with van der Waals surface area (Å²) < 4.78 is 4.72. The molecule has 2 heterocycles. The van der Waals surface area contributed by atoms with Gasteiger partial charge in [-0.05, 0) is 73.0 Å². The lowest BCUT2D eigenvalue weighted by Gasteiger charge is -2.09. The summed E-state index contributed by atoms with van der Waals surface area (Å²) in [6.45, 7) is 0. The molecule has 0 fully saturated rings.